The van der Waals surface area contributed by atoms with E-state index in [-0.39, 0.29) is 36.3 Å². The highest BCUT2D eigenvalue weighted by molar-refractivity contribution is 5.94. The Balaban J connectivity index is 1.57. The number of rotatable bonds is 7. The predicted molar refractivity (Wildman–Crippen MR) is 107 cm³/mol. The SMILES string of the molecule is CCn1c(NNC(=O)CCNC(=O)c2ccccc2)nc2ccccc2c1=O. The van der Waals surface area contributed by atoms with Gasteiger partial charge in [-0.3, -0.25) is 29.8 Å². The Kier molecular flexibility index (Phi) is 6.01. The molecule has 0 atom stereocenters. The van der Waals surface area contributed by atoms with Crippen LogP contribution in [0.3, 0.4) is 0 Å². The quantitative estimate of drug-likeness (QED) is 0.542. The zero-order valence-corrected chi connectivity index (χ0v) is 15.4. The van der Waals surface area contributed by atoms with Crippen LogP contribution in [0.5, 0.6) is 0 Å². The molecular weight excluding hydrogens is 358 g/mol. The molecule has 0 aliphatic rings. The van der Waals surface area contributed by atoms with Crippen LogP contribution in [0.15, 0.2) is 59.4 Å². The molecule has 3 rings (SSSR count). The number of fused-ring (bicyclic) bond motifs is 1. The third-order valence-electron chi connectivity index (χ3n) is 4.17. The second-order valence-corrected chi connectivity index (χ2v) is 6.05. The summed E-state index contributed by atoms with van der Waals surface area (Å²) in [5.41, 5.74) is 6.12. The number of hydrazine groups is 1. The topological polar surface area (TPSA) is 105 Å². The first kappa shape index (κ1) is 19.1. The molecule has 8 nitrogen and oxygen atoms in total. The monoisotopic (exact) mass is 379 g/mol. The second kappa shape index (κ2) is 8.81. The van der Waals surface area contributed by atoms with E-state index in [1.807, 2.05) is 13.0 Å². The van der Waals surface area contributed by atoms with Crippen molar-refractivity contribution >= 4 is 28.7 Å². The first-order chi connectivity index (χ1) is 13.6. The van der Waals surface area contributed by atoms with Crippen LogP contribution in [0.2, 0.25) is 0 Å². The van der Waals surface area contributed by atoms with Crippen molar-refractivity contribution < 1.29 is 9.59 Å². The van der Waals surface area contributed by atoms with E-state index < -0.39 is 0 Å². The van der Waals surface area contributed by atoms with Gasteiger partial charge in [0, 0.05) is 25.1 Å². The summed E-state index contributed by atoms with van der Waals surface area (Å²) >= 11 is 0. The number of nitrogens with zero attached hydrogens (tertiary/aromatic N) is 2. The first-order valence-electron chi connectivity index (χ1n) is 8.98. The molecular formula is C20H21N5O3. The number of aromatic nitrogens is 2. The van der Waals surface area contributed by atoms with Crippen molar-refractivity contribution in [1.82, 2.24) is 20.3 Å². The van der Waals surface area contributed by atoms with Crippen LogP contribution in [0, 0.1) is 0 Å². The molecule has 0 unspecified atom stereocenters. The fraction of sp³-hybridized carbons (Fsp3) is 0.200. The highest BCUT2D eigenvalue weighted by Crippen LogP contribution is 2.10. The molecule has 3 N–H and O–H groups in total. The van der Waals surface area contributed by atoms with Gasteiger partial charge in [-0.25, -0.2) is 4.98 Å². The Hall–Kier alpha value is -3.68. The molecule has 0 saturated carbocycles. The number of anilines is 1. The molecule has 0 bridgehead atoms. The van der Waals surface area contributed by atoms with Crippen molar-refractivity contribution in [3.05, 3.63) is 70.5 Å². The summed E-state index contributed by atoms with van der Waals surface area (Å²) in [5, 5.41) is 3.20. The minimum atomic E-state index is -0.335. The van der Waals surface area contributed by atoms with Crippen LogP contribution in [-0.2, 0) is 11.3 Å². The summed E-state index contributed by atoms with van der Waals surface area (Å²) in [6.45, 7) is 2.42. The van der Waals surface area contributed by atoms with Gasteiger partial charge in [-0.2, -0.15) is 0 Å². The Morgan fingerprint density at radius 3 is 2.50 bits per heavy atom. The van der Waals surface area contributed by atoms with Crippen molar-refractivity contribution in [2.24, 2.45) is 0 Å². The van der Waals surface area contributed by atoms with Crippen LogP contribution < -0.4 is 21.7 Å². The highest BCUT2D eigenvalue weighted by atomic mass is 16.2. The molecule has 0 saturated heterocycles. The molecule has 1 heterocycles. The van der Waals surface area contributed by atoms with E-state index in [1.165, 1.54) is 4.57 Å². The summed E-state index contributed by atoms with van der Waals surface area (Å²) < 4.78 is 1.44. The first-order valence-corrected chi connectivity index (χ1v) is 8.98. The van der Waals surface area contributed by atoms with Crippen molar-refractivity contribution in [2.45, 2.75) is 19.9 Å². The van der Waals surface area contributed by atoms with Crippen LogP contribution in [0.1, 0.15) is 23.7 Å². The van der Waals surface area contributed by atoms with E-state index in [9.17, 15) is 14.4 Å². The van der Waals surface area contributed by atoms with E-state index in [2.05, 4.69) is 21.2 Å². The lowest BCUT2D eigenvalue weighted by Crippen LogP contribution is -2.36. The van der Waals surface area contributed by atoms with Crippen LogP contribution >= 0.6 is 0 Å². The van der Waals surface area contributed by atoms with Crippen LogP contribution in [0.25, 0.3) is 10.9 Å². The maximum Gasteiger partial charge on any atom is 0.262 e. The molecule has 1 aromatic heterocycles. The Bertz CT molecular complexity index is 1050. The molecule has 0 fully saturated rings. The maximum absolute atomic E-state index is 12.5. The maximum atomic E-state index is 12.5. The number of benzene rings is 2. The number of nitrogens with one attached hydrogen (secondary N) is 3. The zero-order chi connectivity index (χ0) is 19.9. The van der Waals surface area contributed by atoms with Gasteiger partial charge in [0.25, 0.3) is 11.5 Å². The third-order valence-corrected chi connectivity index (χ3v) is 4.17. The summed E-state index contributed by atoms with van der Waals surface area (Å²) in [6.07, 6.45) is 0.0789. The lowest BCUT2D eigenvalue weighted by Gasteiger charge is -2.14. The van der Waals surface area contributed by atoms with Crippen molar-refractivity contribution in [3.63, 3.8) is 0 Å². The number of carbonyl (C=O) groups excluding carboxylic acids is 2. The van der Waals surface area contributed by atoms with Gasteiger partial charge in [0.05, 0.1) is 10.9 Å². The van der Waals surface area contributed by atoms with Gasteiger partial charge in [0.1, 0.15) is 0 Å². The number of carbonyl (C=O) groups is 2. The molecule has 0 aliphatic carbocycles. The molecule has 2 aromatic carbocycles. The molecule has 0 aliphatic heterocycles. The standard InChI is InChI=1S/C20H21N5O3/c1-2-25-19(28)15-10-6-7-11-16(15)22-20(25)24-23-17(26)12-13-21-18(27)14-8-4-3-5-9-14/h3-11H,2,12-13H2,1H3,(H,21,27)(H,22,24)(H,23,26). The van der Waals surface area contributed by atoms with E-state index in [0.29, 0.717) is 23.0 Å². The second-order valence-electron chi connectivity index (χ2n) is 6.05. The van der Waals surface area contributed by atoms with E-state index >= 15 is 0 Å². The van der Waals surface area contributed by atoms with E-state index in [0.717, 1.165) is 0 Å². The molecule has 3 aromatic rings. The van der Waals surface area contributed by atoms with Crippen molar-refractivity contribution in [2.75, 3.05) is 12.0 Å². The normalized spacial score (nSPS) is 10.5. The predicted octanol–water partition coefficient (Wildman–Crippen LogP) is 1.68. The molecule has 0 spiro atoms. The lowest BCUT2D eigenvalue weighted by atomic mass is 10.2. The van der Waals surface area contributed by atoms with Gasteiger partial charge in [-0.05, 0) is 31.2 Å². The van der Waals surface area contributed by atoms with Gasteiger partial charge in [-0.1, -0.05) is 30.3 Å². The zero-order valence-electron chi connectivity index (χ0n) is 15.4. The van der Waals surface area contributed by atoms with Crippen LogP contribution in [0.4, 0.5) is 5.95 Å². The smallest absolute Gasteiger partial charge is 0.262 e. The van der Waals surface area contributed by atoms with Gasteiger partial charge >= 0.3 is 0 Å². The van der Waals surface area contributed by atoms with Gasteiger partial charge in [0.2, 0.25) is 11.9 Å². The molecule has 0 radical (unpaired) electrons. The van der Waals surface area contributed by atoms with Gasteiger partial charge < -0.3 is 5.32 Å². The minimum Gasteiger partial charge on any atom is -0.352 e. The van der Waals surface area contributed by atoms with Crippen molar-refractivity contribution in [1.29, 1.82) is 0 Å². The number of hydrogen-bond acceptors (Lipinski definition) is 5. The average Bonchev–Trinajstić information content (AvgIpc) is 2.73. The van der Waals surface area contributed by atoms with Gasteiger partial charge in [-0.15, -0.1) is 0 Å². The Morgan fingerprint density at radius 1 is 1.04 bits per heavy atom. The molecule has 28 heavy (non-hydrogen) atoms. The number of para-hydroxylation sites is 1. The van der Waals surface area contributed by atoms with Gasteiger partial charge in [0.15, 0.2) is 0 Å². The average molecular weight is 379 g/mol. The third kappa shape index (κ3) is 4.35. The minimum absolute atomic E-state index is 0.0789. The summed E-state index contributed by atoms with van der Waals surface area (Å²) in [5.74, 6) is -0.316. The summed E-state index contributed by atoms with van der Waals surface area (Å²) in [6, 6.07) is 15.8. The van der Waals surface area contributed by atoms with Crippen molar-refractivity contribution in [3.8, 4) is 0 Å². The van der Waals surface area contributed by atoms with E-state index in [4.69, 9.17) is 0 Å². The Labute approximate surface area is 161 Å². The number of amides is 2. The van der Waals surface area contributed by atoms with Crippen LogP contribution in [-0.4, -0.2) is 27.9 Å². The largest absolute Gasteiger partial charge is 0.352 e. The Morgan fingerprint density at radius 2 is 1.75 bits per heavy atom. The number of hydrogen-bond donors (Lipinski definition) is 3. The summed E-state index contributed by atoms with van der Waals surface area (Å²) in [7, 11) is 0. The lowest BCUT2D eigenvalue weighted by molar-refractivity contribution is -0.120. The van der Waals surface area contributed by atoms with E-state index in [1.54, 1.807) is 48.5 Å². The fourth-order valence-electron chi connectivity index (χ4n) is 2.73. The molecule has 144 valence electrons. The molecule has 2 amide bonds. The molecule has 8 heteroatoms. The highest BCUT2D eigenvalue weighted by Gasteiger charge is 2.11. The summed E-state index contributed by atoms with van der Waals surface area (Å²) in [4.78, 5) is 40.9. The fourth-order valence-corrected chi connectivity index (χ4v) is 2.73.